The van der Waals surface area contributed by atoms with Crippen molar-refractivity contribution in [2.45, 2.75) is 71.8 Å². The Kier molecular flexibility index (Phi) is 13.0. The minimum absolute atomic E-state index is 0.134. The van der Waals surface area contributed by atoms with E-state index in [0.29, 0.717) is 34.2 Å². The van der Waals surface area contributed by atoms with Crippen LogP contribution in [0.25, 0.3) is 5.65 Å². The second-order valence-corrected chi connectivity index (χ2v) is 11.1. The molecule has 11 heteroatoms. The monoisotopic (exact) mass is 613 g/mol. The van der Waals surface area contributed by atoms with Gasteiger partial charge >= 0.3 is 0 Å². The van der Waals surface area contributed by atoms with Gasteiger partial charge in [0, 0.05) is 34.2 Å². The van der Waals surface area contributed by atoms with Gasteiger partial charge in [0.25, 0.3) is 5.91 Å². The third-order valence-corrected chi connectivity index (χ3v) is 7.32. The molecular weight excluding hydrogens is 566 g/mol. The first-order valence-electron chi connectivity index (χ1n) is 15.5. The van der Waals surface area contributed by atoms with Gasteiger partial charge in [0.2, 0.25) is 17.8 Å². The highest BCUT2D eigenvalue weighted by molar-refractivity contribution is 6.05. The Morgan fingerprint density at radius 1 is 0.978 bits per heavy atom. The third kappa shape index (κ3) is 9.87. The fourth-order valence-electron chi connectivity index (χ4n) is 4.90. The van der Waals surface area contributed by atoms with Crippen LogP contribution in [-0.2, 0) is 4.79 Å². The van der Waals surface area contributed by atoms with Crippen LogP contribution in [0.5, 0.6) is 0 Å². The largest absolute Gasteiger partial charge is 0.368 e. The lowest BCUT2D eigenvalue weighted by atomic mass is 9.95. The maximum atomic E-state index is 12.7. The molecule has 11 nitrogen and oxygen atoms in total. The fraction of sp³-hybridized carbons (Fsp3) is 0.382. The summed E-state index contributed by atoms with van der Waals surface area (Å²) in [5, 5.41) is 13.1. The molecule has 1 fully saturated rings. The van der Waals surface area contributed by atoms with Gasteiger partial charge < -0.3 is 26.6 Å². The van der Waals surface area contributed by atoms with Gasteiger partial charge in [0.05, 0.1) is 6.20 Å². The molecule has 5 N–H and O–H groups in total. The number of aromatic nitrogens is 4. The first-order chi connectivity index (χ1) is 21.6. The molecule has 2 amide bonds. The fourth-order valence-corrected chi connectivity index (χ4v) is 4.90. The summed E-state index contributed by atoms with van der Waals surface area (Å²) in [4.78, 5) is 35.0. The lowest BCUT2D eigenvalue weighted by molar-refractivity contribution is -0.111. The van der Waals surface area contributed by atoms with Crippen molar-refractivity contribution in [2.24, 2.45) is 0 Å². The van der Waals surface area contributed by atoms with E-state index < -0.39 is 0 Å². The Balaban J connectivity index is 0.000000427. The number of hydrogen-bond acceptors (Lipinski definition) is 8. The molecule has 2 heterocycles. The lowest BCUT2D eigenvalue weighted by Gasteiger charge is -2.27. The van der Waals surface area contributed by atoms with Crippen molar-refractivity contribution < 1.29 is 9.59 Å². The quantitative estimate of drug-likeness (QED) is 0.158. The Bertz CT molecular complexity index is 1560. The summed E-state index contributed by atoms with van der Waals surface area (Å²) in [5.41, 5.74) is 9.81. The molecule has 0 saturated heterocycles. The number of benzene rings is 2. The van der Waals surface area contributed by atoms with Gasteiger partial charge in [-0.1, -0.05) is 59.6 Å². The summed E-state index contributed by atoms with van der Waals surface area (Å²) in [6.45, 7) is 11.5. The van der Waals surface area contributed by atoms with E-state index >= 15 is 0 Å². The first-order valence-corrected chi connectivity index (χ1v) is 15.5. The van der Waals surface area contributed by atoms with Gasteiger partial charge in [-0.3, -0.25) is 9.59 Å². The summed E-state index contributed by atoms with van der Waals surface area (Å²) in [5.74, 6) is 0.163. The number of nitrogens with one attached hydrogen (secondary N) is 3. The zero-order valence-corrected chi connectivity index (χ0v) is 27.3. The summed E-state index contributed by atoms with van der Waals surface area (Å²) >= 11 is 0. The molecule has 0 unspecified atom stereocenters. The van der Waals surface area contributed by atoms with Gasteiger partial charge in [-0.15, -0.1) is 0 Å². The second-order valence-electron chi connectivity index (χ2n) is 11.1. The van der Waals surface area contributed by atoms with Crippen LogP contribution in [0.2, 0.25) is 0 Å². The molecule has 0 spiro atoms. The average molecular weight is 614 g/mol. The topological polar surface area (TPSA) is 143 Å². The van der Waals surface area contributed by atoms with Crippen molar-refractivity contribution in [1.29, 1.82) is 0 Å². The third-order valence-electron chi connectivity index (χ3n) is 7.32. The molecule has 1 aliphatic rings. The van der Waals surface area contributed by atoms with Gasteiger partial charge in [-0.25, -0.2) is 0 Å². The van der Waals surface area contributed by atoms with E-state index in [1.165, 1.54) is 38.2 Å². The molecular formula is C34H47N9O2. The number of carbonyl (C=O) groups excluding carboxylic acids is 2. The van der Waals surface area contributed by atoms with Crippen LogP contribution >= 0.6 is 0 Å². The van der Waals surface area contributed by atoms with Crippen molar-refractivity contribution in [1.82, 2.24) is 24.5 Å². The zero-order chi connectivity index (χ0) is 32.9. The van der Waals surface area contributed by atoms with Gasteiger partial charge in [0.1, 0.15) is 0 Å². The highest BCUT2D eigenvalue weighted by Crippen LogP contribution is 2.25. The molecule has 2 aromatic carbocycles. The minimum atomic E-state index is -0.320. The number of hydrogen-bond donors (Lipinski definition) is 4. The molecule has 45 heavy (non-hydrogen) atoms. The zero-order valence-electron chi connectivity index (χ0n) is 27.3. The van der Waals surface area contributed by atoms with Crippen molar-refractivity contribution in [3.63, 3.8) is 0 Å². The van der Waals surface area contributed by atoms with Crippen LogP contribution in [-0.4, -0.2) is 56.4 Å². The Morgan fingerprint density at radius 3 is 2.24 bits per heavy atom. The van der Waals surface area contributed by atoms with E-state index in [0.717, 1.165) is 11.6 Å². The maximum Gasteiger partial charge on any atom is 0.255 e. The average Bonchev–Trinajstić information content (AvgIpc) is 3.48. The summed E-state index contributed by atoms with van der Waals surface area (Å²) in [7, 11) is 4.38. The van der Waals surface area contributed by atoms with Crippen LogP contribution in [0, 0.1) is 0 Å². The molecule has 0 radical (unpaired) electrons. The summed E-state index contributed by atoms with van der Waals surface area (Å²) in [6.07, 6.45) is 10.1. The van der Waals surface area contributed by atoms with Crippen molar-refractivity contribution >= 4 is 46.4 Å². The van der Waals surface area contributed by atoms with E-state index in [4.69, 9.17) is 5.73 Å². The summed E-state index contributed by atoms with van der Waals surface area (Å²) in [6, 6.07) is 14.6. The Morgan fingerprint density at radius 2 is 1.64 bits per heavy atom. The molecule has 4 aromatic rings. The van der Waals surface area contributed by atoms with E-state index in [-0.39, 0.29) is 23.7 Å². The normalized spacial score (nSPS) is 12.9. The SMILES string of the molecule is C=CC(=O)Nc1ccc(C(=O)Nc2cccc(Nc3nc(N)nc4c(C(C)C)cnn34)c2)cc1.CC.CN(C)C1CCCCC1. The number of carbonyl (C=O) groups is 2. The molecule has 0 bridgehead atoms. The van der Waals surface area contributed by atoms with Crippen molar-refractivity contribution in [3.8, 4) is 0 Å². The van der Waals surface area contributed by atoms with Gasteiger partial charge in [0.15, 0.2) is 5.65 Å². The van der Waals surface area contributed by atoms with Crippen LogP contribution in [0.4, 0.5) is 29.0 Å². The standard InChI is InChI=1S/C24H24N8O2.C8H17N.C2H6/c1-4-20(33)27-16-10-8-15(9-11-16)22(34)28-17-6-5-7-18(12-17)29-24-31-23(25)30-21-19(14(2)3)13-26-32(21)24;1-9(2)8-6-4-3-5-7-8;1-2/h4-14H,1H2,2-3H3,(H,27,33)(H,28,34)(H3,25,29,30,31);8H,3-7H2,1-2H3;1-2H3. The van der Waals surface area contributed by atoms with Crippen LogP contribution in [0.15, 0.2) is 67.4 Å². The minimum Gasteiger partial charge on any atom is -0.368 e. The number of amides is 2. The predicted octanol–water partition coefficient (Wildman–Crippen LogP) is 6.86. The number of rotatable bonds is 8. The molecule has 0 aliphatic heterocycles. The number of nitrogens with zero attached hydrogens (tertiary/aromatic N) is 5. The molecule has 1 aliphatic carbocycles. The molecule has 5 rings (SSSR count). The van der Waals surface area contributed by atoms with E-state index in [2.05, 4.69) is 70.4 Å². The smallest absolute Gasteiger partial charge is 0.255 e. The summed E-state index contributed by atoms with van der Waals surface area (Å²) < 4.78 is 1.60. The van der Waals surface area contributed by atoms with Crippen LogP contribution in [0.1, 0.15) is 81.6 Å². The van der Waals surface area contributed by atoms with Gasteiger partial charge in [-0.05, 0) is 81.4 Å². The van der Waals surface area contributed by atoms with Crippen molar-refractivity contribution in [3.05, 3.63) is 78.5 Å². The second kappa shape index (κ2) is 16.9. The number of fused-ring (bicyclic) bond motifs is 1. The van der Waals surface area contributed by atoms with Gasteiger partial charge in [-0.2, -0.15) is 19.6 Å². The number of nitrogens with two attached hydrogens (primary N) is 1. The van der Waals surface area contributed by atoms with Crippen LogP contribution in [0.3, 0.4) is 0 Å². The first kappa shape index (κ1) is 34.7. The highest BCUT2D eigenvalue weighted by Gasteiger charge is 2.15. The van der Waals surface area contributed by atoms with E-state index in [1.807, 2.05) is 19.9 Å². The van der Waals surface area contributed by atoms with E-state index in [1.54, 1.807) is 53.2 Å². The maximum absolute atomic E-state index is 12.7. The Hall–Kier alpha value is -4.77. The van der Waals surface area contributed by atoms with E-state index in [9.17, 15) is 9.59 Å². The molecule has 0 atom stereocenters. The van der Waals surface area contributed by atoms with Crippen LogP contribution < -0.4 is 21.7 Å². The number of anilines is 5. The Labute approximate surface area is 266 Å². The number of nitrogen functional groups attached to an aromatic ring is 1. The highest BCUT2D eigenvalue weighted by atomic mass is 16.2. The lowest BCUT2D eigenvalue weighted by Crippen LogP contribution is -2.29. The molecule has 240 valence electrons. The molecule has 2 aromatic heterocycles. The molecule has 1 saturated carbocycles. The predicted molar refractivity (Wildman–Crippen MR) is 184 cm³/mol. The van der Waals surface area contributed by atoms with Crippen molar-refractivity contribution in [2.75, 3.05) is 35.8 Å².